The first-order valence-electron chi connectivity index (χ1n) is 9.90. The van der Waals surface area contributed by atoms with Crippen LogP contribution in [0.4, 0.5) is 5.69 Å². The quantitative estimate of drug-likeness (QED) is 0.754. The van der Waals surface area contributed by atoms with Crippen LogP contribution in [0.3, 0.4) is 0 Å². The molecule has 1 aliphatic carbocycles. The fourth-order valence-electron chi connectivity index (χ4n) is 4.49. The summed E-state index contributed by atoms with van der Waals surface area (Å²) in [6.45, 7) is 2.29. The predicted octanol–water partition coefficient (Wildman–Crippen LogP) is 2.89. The zero-order valence-corrected chi connectivity index (χ0v) is 18.4. The summed E-state index contributed by atoms with van der Waals surface area (Å²) in [7, 11) is -1.47. The minimum atomic E-state index is -3.38. The van der Waals surface area contributed by atoms with Gasteiger partial charge in [0, 0.05) is 19.1 Å². The van der Waals surface area contributed by atoms with Crippen LogP contribution in [0.15, 0.2) is 24.3 Å². The second-order valence-corrected chi connectivity index (χ2v) is 9.62. The topological polar surface area (TPSA) is 69.7 Å². The van der Waals surface area contributed by atoms with Crippen molar-refractivity contribution in [2.24, 2.45) is 0 Å². The molecule has 8 heteroatoms. The number of carbonyl (C=O) groups is 1. The van der Waals surface area contributed by atoms with Crippen molar-refractivity contribution in [3.05, 3.63) is 29.8 Å². The van der Waals surface area contributed by atoms with E-state index in [1.165, 1.54) is 25.7 Å². The van der Waals surface area contributed by atoms with Crippen LogP contribution in [-0.2, 0) is 21.2 Å². The molecule has 0 aromatic heterocycles. The van der Waals surface area contributed by atoms with E-state index in [9.17, 15) is 13.2 Å². The van der Waals surface area contributed by atoms with Gasteiger partial charge in [0.2, 0.25) is 15.9 Å². The number of nitrogens with zero attached hydrogens (tertiary/aromatic N) is 2. The summed E-state index contributed by atoms with van der Waals surface area (Å²) in [5.41, 5.74) is 1.20. The molecular weight excluding hydrogens is 398 g/mol. The summed E-state index contributed by atoms with van der Waals surface area (Å²) in [4.78, 5) is 17.5. The Bertz CT molecular complexity index is 766. The maximum absolute atomic E-state index is 13.0. The highest BCUT2D eigenvalue weighted by atomic mass is 35.5. The van der Waals surface area contributed by atoms with E-state index in [0.717, 1.165) is 32.2 Å². The Hall–Kier alpha value is -1.31. The van der Waals surface area contributed by atoms with Crippen molar-refractivity contribution in [2.45, 2.75) is 57.0 Å². The van der Waals surface area contributed by atoms with Gasteiger partial charge < -0.3 is 4.90 Å². The van der Waals surface area contributed by atoms with Crippen LogP contribution >= 0.6 is 12.4 Å². The number of hydrogen-bond donors (Lipinski definition) is 1. The Labute approximate surface area is 175 Å². The number of anilines is 1. The Balaban J connectivity index is 0.00000280. The number of halogens is 1. The van der Waals surface area contributed by atoms with Crippen LogP contribution in [0.25, 0.3) is 0 Å². The lowest BCUT2D eigenvalue weighted by atomic mass is 9.88. The molecule has 28 heavy (non-hydrogen) atoms. The fourth-order valence-corrected chi connectivity index (χ4v) is 5.09. The Morgan fingerprint density at radius 3 is 2.46 bits per heavy atom. The van der Waals surface area contributed by atoms with Gasteiger partial charge in [-0.2, -0.15) is 0 Å². The van der Waals surface area contributed by atoms with Crippen molar-refractivity contribution in [1.82, 2.24) is 9.80 Å². The lowest BCUT2D eigenvalue weighted by Crippen LogP contribution is -2.53. The number of sulfonamides is 1. The van der Waals surface area contributed by atoms with Crippen LogP contribution in [0.5, 0.6) is 0 Å². The van der Waals surface area contributed by atoms with Gasteiger partial charge in [-0.25, -0.2) is 8.42 Å². The minimum absolute atomic E-state index is 0. The molecular formula is C20H32ClN3O3S. The molecule has 0 radical (unpaired) electrons. The van der Waals surface area contributed by atoms with Crippen molar-refractivity contribution in [1.29, 1.82) is 0 Å². The third kappa shape index (κ3) is 5.84. The third-order valence-electron chi connectivity index (χ3n) is 5.85. The summed E-state index contributed by atoms with van der Waals surface area (Å²) < 4.78 is 25.7. The van der Waals surface area contributed by atoms with Gasteiger partial charge in [0.1, 0.15) is 0 Å². The first-order valence-corrected chi connectivity index (χ1v) is 11.8. The molecule has 1 aliphatic heterocycles. The summed E-state index contributed by atoms with van der Waals surface area (Å²) in [5, 5.41) is 0. The molecule has 2 fully saturated rings. The summed E-state index contributed by atoms with van der Waals surface area (Å²) >= 11 is 0. The highest BCUT2D eigenvalue weighted by Crippen LogP contribution is 2.29. The number of rotatable bonds is 6. The molecule has 6 nitrogen and oxygen atoms in total. The molecule has 2 atom stereocenters. The van der Waals surface area contributed by atoms with Crippen LogP contribution in [-0.4, -0.2) is 62.6 Å². The smallest absolute Gasteiger partial charge is 0.229 e. The number of amides is 1. The highest BCUT2D eigenvalue weighted by Gasteiger charge is 2.35. The first kappa shape index (κ1) is 23.0. The van der Waals surface area contributed by atoms with E-state index in [-0.39, 0.29) is 30.8 Å². The lowest BCUT2D eigenvalue weighted by molar-refractivity contribution is -0.133. The second-order valence-electron chi connectivity index (χ2n) is 7.88. The Morgan fingerprint density at radius 1 is 1.14 bits per heavy atom. The largest absolute Gasteiger partial charge is 0.341 e. The van der Waals surface area contributed by atoms with Gasteiger partial charge in [0.15, 0.2) is 0 Å². The molecule has 1 amide bonds. The molecule has 1 aromatic rings. The molecule has 0 bridgehead atoms. The molecule has 2 aliphatic rings. The van der Waals surface area contributed by atoms with E-state index in [1.807, 2.05) is 24.1 Å². The van der Waals surface area contributed by atoms with E-state index in [1.54, 1.807) is 12.1 Å². The molecule has 2 unspecified atom stereocenters. The average molecular weight is 430 g/mol. The van der Waals surface area contributed by atoms with Crippen molar-refractivity contribution in [2.75, 3.05) is 31.1 Å². The lowest BCUT2D eigenvalue weighted by Gasteiger charge is -2.42. The molecule has 1 saturated heterocycles. The van der Waals surface area contributed by atoms with Gasteiger partial charge >= 0.3 is 0 Å². The zero-order chi connectivity index (χ0) is 19.4. The van der Waals surface area contributed by atoms with Crippen LogP contribution in [0.1, 0.15) is 44.1 Å². The van der Waals surface area contributed by atoms with Gasteiger partial charge in [-0.1, -0.05) is 31.0 Å². The van der Waals surface area contributed by atoms with Crippen molar-refractivity contribution >= 4 is 34.0 Å². The normalized spacial score (nSPS) is 23.1. The fraction of sp³-hybridized carbons (Fsp3) is 0.650. The second kappa shape index (κ2) is 9.94. The zero-order valence-electron chi connectivity index (χ0n) is 16.8. The van der Waals surface area contributed by atoms with Crippen molar-refractivity contribution in [3.63, 3.8) is 0 Å². The molecule has 3 rings (SSSR count). The van der Waals surface area contributed by atoms with Crippen LogP contribution in [0.2, 0.25) is 0 Å². The number of nitrogens with one attached hydrogen (secondary N) is 1. The number of likely N-dealkylation sites (N-methyl/N-ethyl adjacent to an activating group) is 1. The number of likely N-dealkylation sites (tertiary alicyclic amines) is 1. The van der Waals surface area contributed by atoms with Crippen molar-refractivity contribution in [3.8, 4) is 0 Å². The van der Waals surface area contributed by atoms with Gasteiger partial charge in [-0.05, 0) is 50.4 Å². The standard InChI is InChI=1S/C20H31N3O3S.ClH/c1-22(18-11-5-6-12-19(18)23-13-7-8-14-23)20(24)15-16-9-3-4-10-17(16)21-27(2,25)26;/h3-4,9-10,18-19,21H,5-8,11-15H2,1-2H3;1H. The number of para-hydroxylation sites is 1. The van der Waals surface area contributed by atoms with E-state index in [2.05, 4.69) is 9.62 Å². The van der Waals surface area contributed by atoms with Crippen molar-refractivity contribution < 1.29 is 13.2 Å². The molecule has 1 aromatic carbocycles. The number of carbonyl (C=O) groups excluding carboxylic acids is 1. The summed E-state index contributed by atoms with van der Waals surface area (Å²) in [6, 6.07) is 7.84. The average Bonchev–Trinajstić information content (AvgIpc) is 3.16. The molecule has 1 N–H and O–H groups in total. The molecule has 1 saturated carbocycles. The predicted molar refractivity (Wildman–Crippen MR) is 115 cm³/mol. The maximum Gasteiger partial charge on any atom is 0.229 e. The maximum atomic E-state index is 13.0. The highest BCUT2D eigenvalue weighted by molar-refractivity contribution is 7.92. The minimum Gasteiger partial charge on any atom is -0.341 e. The van der Waals surface area contributed by atoms with Crippen LogP contribution < -0.4 is 4.72 Å². The number of hydrogen-bond acceptors (Lipinski definition) is 4. The van der Waals surface area contributed by atoms with Gasteiger partial charge in [-0.3, -0.25) is 14.4 Å². The van der Waals surface area contributed by atoms with E-state index in [0.29, 0.717) is 17.3 Å². The third-order valence-corrected chi connectivity index (χ3v) is 6.44. The monoisotopic (exact) mass is 429 g/mol. The number of benzene rings is 1. The van der Waals surface area contributed by atoms with E-state index >= 15 is 0 Å². The molecule has 158 valence electrons. The van der Waals surface area contributed by atoms with E-state index in [4.69, 9.17) is 0 Å². The Morgan fingerprint density at radius 2 is 1.79 bits per heavy atom. The summed E-state index contributed by atoms with van der Waals surface area (Å²) in [6.07, 6.45) is 8.45. The molecule has 1 heterocycles. The molecule has 0 spiro atoms. The van der Waals surface area contributed by atoms with Gasteiger partial charge in [0.25, 0.3) is 0 Å². The van der Waals surface area contributed by atoms with E-state index < -0.39 is 10.0 Å². The van der Waals surface area contributed by atoms with Gasteiger partial charge in [0.05, 0.1) is 18.4 Å². The first-order chi connectivity index (χ1) is 12.8. The Kier molecular flexibility index (Phi) is 8.16. The SMILES string of the molecule is CN(C(=O)Cc1ccccc1NS(C)(=O)=O)C1CCCCC1N1CCCC1.Cl. The van der Waals surface area contributed by atoms with Gasteiger partial charge in [-0.15, -0.1) is 12.4 Å². The summed E-state index contributed by atoms with van der Waals surface area (Å²) in [5.74, 6) is 0.0499. The van der Waals surface area contributed by atoms with Crippen LogP contribution in [0, 0.1) is 0 Å².